The largest absolute Gasteiger partial charge is 0.410 e. The maximum absolute atomic E-state index is 12.1. The monoisotopic (exact) mass is 253 g/mol. The van der Waals surface area contributed by atoms with Crippen LogP contribution in [0.5, 0.6) is 0 Å². The van der Waals surface area contributed by atoms with Crippen LogP contribution in [0.4, 0.5) is 0 Å². The Hall–Kier alpha value is -2.42. The van der Waals surface area contributed by atoms with Gasteiger partial charge in [0.15, 0.2) is 11.5 Å². The topological polar surface area (TPSA) is 49.7 Å². The lowest BCUT2D eigenvalue weighted by Crippen LogP contribution is -2.16. The van der Waals surface area contributed by atoms with E-state index in [0.29, 0.717) is 18.4 Å². The molecule has 0 fully saturated rings. The Bertz CT molecular complexity index is 562. The normalized spacial score (nSPS) is 11.3. The number of carbonyl (C=O) groups is 1. The van der Waals surface area contributed by atoms with Gasteiger partial charge in [0.2, 0.25) is 0 Å². The highest BCUT2D eigenvalue weighted by atomic mass is 16.4. The van der Waals surface area contributed by atoms with Gasteiger partial charge in [-0.15, -0.1) is 0 Å². The van der Waals surface area contributed by atoms with Crippen LogP contribution in [0.2, 0.25) is 0 Å². The van der Waals surface area contributed by atoms with E-state index in [9.17, 15) is 4.79 Å². The number of rotatable bonds is 5. The van der Waals surface area contributed by atoms with E-state index in [0.717, 1.165) is 5.56 Å². The van der Waals surface area contributed by atoms with Crippen LogP contribution in [0.3, 0.4) is 0 Å². The number of nitrogens with zero attached hydrogens (tertiary/aromatic N) is 1. The molecular weight excluding hydrogens is 238 g/mol. The first-order chi connectivity index (χ1) is 9.31. The molecule has 2 rings (SSSR count). The van der Waals surface area contributed by atoms with Gasteiger partial charge in [0.05, 0.1) is 0 Å². The Labute approximate surface area is 112 Å². The Morgan fingerprint density at radius 2 is 1.53 bits per heavy atom. The summed E-state index contributed by atoms with van der Waals surface area (Å²) in [4.78, 5) is 12.1. The van der Waals surface area contributed by atoms with Crippen molar-refractivity contribution in [1.29, 1.82) is 0 Å². The molecule has 0 aliphatic rings. The standard InChI is InChI=1S/C16H15NO2/c18-15(12-11-13-7-3-1-4-8-13)16(17-19)14-9-5-2-6-10-14/h1-10,19H,11-12H2/b17-16+. The fraction of sp³-hybridized carbons (Fsp3) is 0.125. The van der Waals surface area contributed by atoms with E-state index in [2.05, 4.69) is 5.16 Å². The number of carbonyl (C=O) groups excluding carboxylic acids is 1. The molecule has 0 unspecified atom stereocenters. The van der Waals surface area contributed by atoms with Gasteiger partial charge in [-0.05, 0) is 12.0 Å². The average molecular weight is 253 g/mol. The van der Waals surface area contributed by atoms with Gasteiger partial charge in [-0.3, -0.25) is 4.79 Å². The van der Waals surface area contributed by atoms with Crippen molar-refractivity contribution in [2.45, 2.75) is 12.8 Å². The maximum atomic E-state index is 12.1. The van der Waals surface area contributed by atoms with Crippen molar-refractivity contribution in [2.75, 3.05) is 0 Å². The molecule has 2 aromatic rings. The lowest BCUT2D eigenvalue weighted by molar-refractivity contribution is -0.113. The summed E-state index contributed by atoms with van der Waals surface area (Å²) >= 11 is 0. The Morgan fingerprint density at radius 3 is 2.11 bits per heavy atom. The predicted octanol–water partition coefficient (Wildman–Crippen LogP) is 3.07. The SMILES string of the molecule is O=C(CCc1ccccc1)/C(=N/O)c1ccccc1. The molecule has 1 N–H and O–H groups in total. The molecule has 3 heteroatoms. The van der Waals surface area contributed by atoms with Gasteiger partial charge in [-0.1, -0.05) is 65.8 Å². The maximum Gasteiger partial charge on any atom is 0.185 e. The Balaban J connectivity index is 2.03. The zero-order chi connectivity index (χ0) is 13.5. The summed E-state index contributed by atoms with van der Waals surface area (Å²) in [6.45, 7) is 0. The van der Waals surface area contributed by atoms with Crippen LogP contribution in [0.25, 0.3) is 0 Å². The number of hydrogen-bond acceptors (Lipinski definition) is 3. The molecule has 0 aliphatic heterocycles. The van der Waals surface area contributed by atoms with Crippen molar-refractivity contribution in [1.82, 2.24) is 0 Å². The van der Waals surface area contributed by atoms with Crippen LogP contribution < -0.4 is 0 Å². The molecule has 0 aliphatic carbocycles. The molecule has 96 valence electrons. The Kier molecular flexibility index (Phi) is 4.45. The number of aryl methyl sites for hydroxylation is 1. The van der Waals surface area contributed by atoms with Crippen molar-refractivity contribution in [3.05, 3.63) is 71.8 Å². The molecule has 0 heterocycles. The molecule has 0 saturated heterocycles. The van der Waals surface area contributed by atoms with Gasteiger partial charge in [0.25, 0.3) is 0 Å². The highest BCUT2D eigenvalue weighted by Gasteiger charge is 2.14. The van der Waals surface area contributed by atoms with Gasteiger partial charge < -0.3 is 5.21 Å². The zero-order valence-corrected chi connectivity index (χ0v) is 10.5. The average Bonchev–Trinajstić information content (AvgIpc) is 2.48. The molecule has 0 radical (unpaired) electrons. The van der Waals surface area contributed by atoms with Gasteiger partial charge in [-0.25, -0.2) is 0 Å². The fourth-order valence-electron chi connectivity index (χ4n) is 1.89. The second kappa shape index (κ2) is 6.50. The van der Waals surface area contributed by atoms with Crippen molar-refractivity contribution in [3.8, 4) is 0 Å². The number of ketones is 1. The second-order valence-corrected chi connectivity index (χ2v) is 4.22. The van der Waals surface area contributed by atoms with E-state index in [1.165, 1.54) is 0 Å². The minimum atomic E-state index is -0.155. The highest BCUT2D eigenvalue weighted by molar-refractivity contribution is 6.46. The van der Waals surface area contributed by atoms with Crippen molar-refractivity contribution >= 4 is 11.5 Å². The molecule has 2 aromatic carbocycles. The van der Waals surface area contributed by atoms with E-state index in [-0.39, 0.29) is 11.5 Å². The van der Waals surface area contributed by atoms with Gasteiger partial charge >= 0.3 is 0 Å². The zero-order valence-electron chi connectivity index (χ0n) is 10.5. The van der Waals surface area contributed by atoms with E-state index < -0.39 is 0 Å². The molecule has 0 amide bonds. The Morgan fingerprint density at radius 1 is 0.947 bits per heavy atom. The number of hydrogen-bond donors (Lipinski definition) is 1. The molecule has 19 heavy (non-hydrogen) atoms. The summed E-state index contributed by atoms with van der Waals surface area (Å²) in [5.74, 6) is -0.155. The van der Waals surface area contributed by atoms with Crippen molar-refractivity contribution in [3.63, 3.8) is 0 Å². The minimum absolute atomic E-state index is 0.122. The smallest absolute Gasteiger partial charge is 0.185 e. The first-order valence-electron chi connectivity index (χ1n) is 6.16. The molecule has 3 nitrogen and oxygen atoms in total. The van der Waals surface area contributed by atoms with E-state index in [1.54, 1.807) is 12.1 Å². The molecule has 0 spiro atoms. The van der Waals surface area contributed by atoms with E-state index in [4.69, 9.17) is 5.21 Å². The number of Topliss-reactive ketones (excluding diaryl/α,β-unsaturated/α-hetero) is 1. The van der Waals surface area contributed by atoms with Gasteiger partial charge in [0, 0.05) is 12.0 Å². The van der Waals surface area contributed by atoms with Crippen LogP contribution in [0.1, 0.15) is 17.5 Å². The van der Waals surface area contributed by atoms with Gasteiger partial charge in [0.1, 0.15) is 0 Å². The van der Waals surface area contributed by atoms with Crippen molar-refractivity contribution < 1.29 is 10.0 Å². The lowest BCUT2D eigenvalue weighted by Gasteiger charge is -2.04. The van der Waals surface area contributed by atoms with Crippen LogP contribution in [-0.2, 0) is 11.2 Å². The fourth-order valence-corrected chi connectivity index (χ4v) is 1.89. The lowest BCUT2D eigenvalue weighted by atomic mass is 10.0. The molecule has 0 atom stereocenters. The molecular formula is C16H15NO2. The molecule has 0 bridgehead atoms. The van der Waals surface area contributed by atoms with E-state index in [1.807, 2.05) is 48.5 Å². The summed E-state index contributed by atoms with van der Waals surface area (Å²) < 4.78 is 0. The minimum Gasteiger partial charge on any atom is -0.410 e. The third-order valence-corrected chi connectivity index (χ3v) is 2.89. The van der Waals surface area contributed by atoms with Crippen LogP contribution in [0.15, 0.2) is 65.8 Å². The highest BCUT2D eigenvalue weighted by Crippen LogP contribution is 2.07. The number of oxime groups is 1. The second-order valence-electron chi connectivity index (χ2n) is 4.22. The third kappa shape index (κ3) is 3.52. The first kappa shape index (κ1) is 13.0. The molecule has 0 aromatic heterocycles. The first-order valence-corrected chi connectivity index (χ1v) is 6.16. The predicted molar refractivity (Wildman–Crippen MR) is 74.5 cm³/mol. The van der Waals surface area contributed by atoms with Gasteiger partial charge in [-0.2, -0.15) is 0 Å². The summed E-state index contributed by atoms with van der Waals surface area (Å²) in [7, 11) is 0. The quantitative estimate of drug-likeness (QED) is 0.506. The van der Waals surface area contributed by atoms with Crippen LogP contribution in [0, 0.1) is 0 Å². The number of benzene rings is 2. The summed E-state index contributed by atoms with van der Waals surface area (Å²) in [5.41, 5.74) is 1.86. The van der Waals surface area contributed by atoms with E-state index >= 15 is 0 Å². The van der Waals surface area contributed by atoms with Crippen LogP contribution in [-0.4, -0.2) is 16.7 Å². The molecule has 0 saturated carbocycles. The third-order valence-electron chi connectivity index (χ3n) is 2.89. The van der Waals surface area contributed by atoms with Crippen molar-refractivity contribution in [2.24, 2.45) is 5.16 Å². The summed E-state index contributed by atoms with van der Waals surface area (Å²) in [6, 6.07) is 18.8. The summed E-state index contributed by atoms with van der Waals surface area (Å²) in [6.07, 6.45) is 0.976. The van der Waals surface area contributed by atoms with Crippen LogP contribution >= 0.6 is 0 Å². The summed E-state index contributed by atoms with van der Waals surface area (Å²) in [5, 5.41) is 12.2.